The fourth-order valence-electron chi connectivity index (χ4n) is 0.355. The Labute approximate surface area is 44.9 Å². The normalized spacial score (nSPS) is 9.00. The molecule has 1 rings (SSSR count). The first-order chi connectivity index (χ1) is 3.84. The van der Waals surface area contributed by atoms with E-state index in [4.69, 9.17) is 10.6 Å². The van der Waals surface area contributed by atoms with Crippen molar-refractivity contribution in [1.82, 2.24) is 10.2 Å². The van der Waals surface area contributed by atoms with Gasteiger partial charge in [0.05, 0.1) is 6.20 Å². The highest BCUT2D eigenvalue weighted by Gasteiger charge is 1.96. The summed E-state index contributed by atoms with van der Waals surface area (Å²) in [7, 11) is 0. The Balaban J connectivity index is 3.09. The topological polar surface area (TPSA) is 85.1 Å². The maximum absolute atomic E-state index is 8.64. The van der Waals surface area contributed by atoms with Gasteiger partial charge in [0.15, 0.2) is 5.75 Å². The molecule has 0 fully saturated rings. The van der Waals surface area contributed by atoms with Crippen molar-refractivity contribution >= 4 is 5.82 Å². The fourth-order valence-corrected chi connectivity index (χ4v) is 0.355. The monoisotopic (exact) mass is 112 g/mol. The lowest BCUT2D eigenvalue weighted by Crippen LogP contribution is -1.60. The van der Waals surface area contributed by atoms with Gasteiger partial charge >= 0.3 is 0 Å². The van der Waals surface area contributed by atoms with E-state index in [1.807, 2.05) is 0 Å². The summed E-state index contributed by atoms with van der Waals surface area (Å²) in [5, 5.41) is 17.3. The van der Waals surface area contributed by atoms with Gasteiger partial charge in [-0.15, -0.1) is 5.11 Å². The number of hydrogen-bond donors (Lipinski definition) is 3. The zero-order chi connectivity index (χ0) is 5.98. The van der Waals surface area contributed by atoms with Gasteiger partial charge < -0.3 is 5.11 Å². The number of aromatic hydroxyl groups is 1. The molecule has 8 heavy (non-hydrogen) atoms. The van der Waals surface area contributed by atoms with Crippen LogP contribution in [0.25, 0.3) is 0 Å². The summed E-state index contributed by atoms with van der Waals surface area (Å²) in [6, 6.07) is 0. The summed E-state index contributed by atoms with van der Waals surface area (Å²) in [4.78, 5) is 0. The number of aromatic amines is 1. The van der Waals surface area contributed by atoms with Crippen LogP contribution in [0.4, 0.5) is 5.82 Å². The molecule has 42 valence electrons. The third kappa shape index (κ3) is 0.534. The number of aromatic nitrogens is 2. The summed E-state index contributed by atoms with van der Waals surface area (Å²) in [6.07, 6.45) is 1.19. The lowest BCUT2D eigenvalue weighted by molar-refractivity contribution is 0.476. The van der Waals surface area contributed by atoms with E-state index in [1.165, 1.54) is 6.20 Å². The highest BCUT2D eigenvalue weighted by molar-refractivity contribution is 5.39. The molecule has 3 N–H and O–H groups in total. The van der Waals surface area contributed by atoms with Crippen molar-refractivity contribution in [3.8, 4) is 5.75 Å². The maximum atomic E-state index is 8.64. The highest BCUT2D eigenvalue weighted by atomic mass is 16.3. The second-order valence-electron chi connectivity index (χ2n) is 1.22. The zero-order valence-electron chi connectivity index (χ0n) is 3.92. The van der Waals surface area contributed by atoms with Gasteiger partial charge in [-0.3, -0.25) is 5.10 Å². The van der Waals surface area contributed by atoms with E-state index in [1.54, 1.807) is 0 Å². The van der Waals surface area contributed by atoms with E-state index in [-0.39, 0.29) is 11.6 Å². The molecule has 0 aliphatic heterocycles. The molecular formula is C3H4N4O. The molecule has 0 bridgehead atoms. The van der Waals surface area contributed by atoms with E-state index in [2.05, 4.69) is 15.3 Å². The standard InChI is InChI=1S/C3H4N4O/c4-6-3-2(8)1-5-7-3/h1,4,8H,(H,5,7). The lowest BCUT2D eigenvalue weighted by atomic mass is 10.6. The minimum Gasteiger partial charge on any atom is -0.503 e. The van der Waals surface area contributed by atoms with Crippen LogP contribution in [-0.2, 0) is 0 Å². The molecule has 0 atom stereocenters. The van der Waals surface area contributed by atoms with Crippen molar-refractivity contribution < 1.29 is 5.11 Å². The Kier molecular flexibility index (Phi) is 0.957. The molecular weight excluding hydrogens is 108 g/mol. The van der Waals surface area contributed by atoms with Gasteiger partial charge in [0.25, 0.3) is 0 Å². The molecule has 0 aliphatic carbocycles. The summed E-state index contributed by atoms with van der Waals surface area (Å²) >= 11 is 0. The molecule has 0 aromatic carbocycles. The van der Waals surface area contributed by atoms with E-state index >= 15 is 0 Å². The molecule has 0 aliphatic rings. The predicted octanol–water partition coefficient (Wildman–Crippen LogP) is 0.778. The first-order valence-electron chi connectivity index (χ1n) is 1.94. The van der Waals surface area contributed by atoms with Crippen molar-refractivity contribution in [3.05, 3.63) is 6.20 Å². The van der Waals surface area contributed by atoms with Crippen molar-refractivity contribution in [2.75, 3.05) is 0 Å². The largest absolute Gasteiger partial charge is 0.503 e. The Morgan fingerprint density at radius 3 is 2.88 bits per heavy atom. The van der Waals surface area contributed by atoms with Gasteiger partial charge in [-0.1, -0.05) is 0 Å². The van der Waals surface area contributed by atoms with Crippen LogP contribution < -0.4 is 0 Å². The minimum absolute atomic E-state index is 0.0880. The molecule has 0 spiro atoms. The predicted molar refractivity (Wildman–Crippen MR) is 25.1 cm³/mol. The Bertz CT molecular complexity index is 193. The number of hydrogen-bond acceptors (Lipinski definition) is 4. The van der Waals surface area contributed by atoms with Crippen molar-refractivity contribution in [2.24, 2.45) is 5.11 Å². The third-order valence-corrected chi connectivity index (χ3v) is 0.712. The van der Waals surface area contributed by atoms with Gasteiger partial charge in [-0.05, 0) is 0 Å². The minimum atomic E-state index is -0.0972. The molecule has 5 heteroatoms. The van der Waals surface area contributed by atoms with E-state index in [0.29, 0.717) is 0 Å². The van der Waals surface area contributed by atoms with Crippen LogP contribution in [0, 0.1) is 5.53 Å². The van der Waals surface area contributed by atoms with Gasteiger partial charge in [0, 0.05) is 0 Å². The highest BCUT2D eigenvalue weighted by Crippen LogP contribution is 2.19. The van der Waals surface area contributed by atoms with Crippen LogP contribution in [0.3, 0.4) is 0 Å². The Morgan fingerprint density at radius 1 is 1.88 bits per heavy atom. The van der Waals surface area contributed by atoms with E-state index in [9.17, 15) is 0 Å². The summed E-state index contributed by atoms with van der Waals surface area (Å²) in [6.45, 7) is 0. The van der Waals surface area contributed by atoms with Gasteiger partial charge in [0.2, 0.25) is 5.82 Å². The second-order valence-corrected chi connectivity index (χ2v) is 1.22. The van der Waals surface area contributed by atoms with Crippen LogP contribution in [0.15, 0.2) is 11.3 Å². The molecule has 0 unspecified atom stereocenters. The Morgan fingerprint density at radius 2 is 2.62 bits per heavy atom. The van der Waals surface area contributed by atoms with Crippen molar-refractivity contribution in [3.63, 3.8) is 0 Å². The molecule has 1 heterocycles. The van der Waals surface area contributed by atoms with E-state index < -0.39 is 0 Å². The van der Waals surface area contributed by atoms with Crippen LogP contribution >= 0.6 is 0 Å². The number of rotatable bonds is 1. The summed E-state index contributed by atoms with van der Waals surface area (Å²) < 4.78 is 0. The number of H-pyrrole nitrogens is 1. The third-order valence-electron chi connectivity index (χ3n) is 0.712. The molecule has 0 saturated carbocycles. The molecule has 0 saturated heterocycles. The molecule has 1 aromatic heterocycles. The molecule has 0 amide bonds. The second kappa shape index (κ2) is 1.61. The average molecular weight is 112 g/mol. The quantitative estimate of drug-likeness (QED) is 0.469. The number of nitrogens with zero attached hydrogens (tertiary/aromatic N) is 2. The molecule has 5 nitrogen and oxygen atoms in total. The SMILES string of the molecule is N=Nc1[nH]ncc1O. The van der Waals surface area contributed by atoms with Crippen LogP contribution in [0.5, 0.6) is 5.75 Å². The zero-order valence-corrected chi connectivity index (χ0v) is 3.92. The van der Waals surface area contributed by atoms with Gasteiger partial charge in [-0.2, -0.15) is 5.10 Å². The molecule has 1 aromatic rings. The first kappa shape index (κ1) is 4.76. The lowest BCUT2D eigenvalue weighted by Gasteiger charge is -1.78. The van der Waals surface area contributed by atoms with E-state index in [0.717, 1.165) is 0 Å². The van der Waals surface area contributed by atoms with Crippen LogP contribution in [-0.4, -0.2) is 15.3 Å². The maximum Gasteiger partial charge on any atom is 0.212 e. The van der Waals surface area contributed by atoms with Crippen molar-refractivity contribution in [2.45, 2.75) is 0 Å². The smallest absolute Gasteiger partial charge is 0.212 e. The van der Waals surface area contributed by atoms with Crippen LogP contribution in [0.1, 0.15) is 0 Å². The summed E-state index contributed by atoms with van der Waals surface area (Å²) in [5.74, 6) is -0.00926. The molecule has 0 radical (unpaired) electrons. The first-order valence-corrected chi connectivity index (χ1v) is 1.94. The fraction of sp³-hybridized carbons (Fsp3) is 0. The van der Waals surface area contributed by atoms with Gasteiger partial charge in [0.1, 0.15) is 0 Å². The number of nitrogens with one attached hydrogen (secondary N) is 2. The van der Waals surface area contributed by atoms with Crippen molar-refractivity contribution in [1.29, 1.82) is 5.53 Å². The average Bonchev–Trinajstić information content (AvgIpc) is 2.14. The summed E-state index contributed by atoms with van der Waals surface area (Å²) in [5.41, 5.74) is 6.39. The van der Waals surface area contributed by atoms with Gasteiger partial charge in [-0.25, -0.2) is 5.53 Å². The Hall–Kier alpha value is -1.39. The van der Waals surface area contributed by atoms with Crippen LogP contribution in [0.2, 0.25) is 0 Å².